The van der Waals surface area contributed by atoms with Crippen LogP contribution in [0.15, 0.2) is 47.6 Å². The van der Waals surface area contributed by atoms with Gasteiger partial charge in [-0.25, -0.2) is 14.4 Å². The van der Waals surface area contributed by atoms with E-state index in [2.05, 4.69) is 13.2 Å². The van der Waals surface area contributed by atoms with Crippen LogP contribution in [0.4, 0.5) is 0 Å². The molecule has 1 fully saturated rings. The van der Waals surface area contributed by atoms with Crippen LogP contribution in [-0.4, -0.2) is 37.2 Å². The average molecular weight is 360 g/mol. The molecular formula is C20H24O6. The second-order valence-electron chi connectivity index (χ2n) is 6.62. The lowest BCUT2D eigenvalue weighted by molar-refractivity contribution is -0.148. The number of carbonyl (C=O) groups is 3. The quantitative estimate of drug-likeness (QED) is 0.333. The van der Waals surface area contributed by atoms with Gasteiger partial charge in [-0.1, -0.05) is 24.8 Å². The first-order valence-electron chi connectivity index (χ1n) is 8.45. The van der Waals surface area contributed by atoms with Crippen LogP contribution in [0.5, 0.6) is 0 Å². The minimum Gasteiger partial charge on any atom is -0.466 e. The topological polar surface area (TPSA) is 78.9 Å². The number of carbonyl (C=O) groups excluding carboxylic acids is 3. The Hall–Kier alpha value is -2.63. The summed E-state index contributed by atoms with van der Waals surface area (Å²) >= 11 is 0. The lowest BCUT2D eigenvalue weighted by atomic mass is 9.85. The van der Waals surface area contributed by atoms with Crippen molar-refractivity contribution in [1.82, 2.24) is 0 Å². The predicted octanol–water partition coefficient (Wildman–Crippen LogP) is 2.80. The molecule has 0 amide bonds. The highest BCUT2D eigenvalue weighted by molar-refractivity contribution is 5.92. The first kappa shape index (κ1) is 19.7. The zero-order valence-corrected chi connectivity index (χ0v) is 15.4. The zero-order chi connectivity index (χ0) is 19.4. The molecule has 0 N–H and O–H groups in total. The van der Waals surface area contributed by atoms with Gasteiger partial charge in [0.2, 0.25) is 0 Å². The van der Waals surface area contributed by atoms with Crippen molar-refractivity contribution in [3.05, 3.63) is 47.6 Å². The largest absolute Gasteiger partial charge is 0.466 e. The standard InChI is InChI=1S/C20H24O6/c1-11(2)18(21)25-16-10-14(20(23)24-5)8-6-7-12(3)9-15-17(16)13(4)19(22)26-15/h8-9,15-17H,1,4,6-7,10H2,2-3,5H3/b12-9+,14-8+/t15-,16-,17+/m1/s1. The van der Waals surface area contributed by atoms with E-state index in [0.29, 0.717) is 18.4 Å². The van der Waals surface area contributed by atoms with Crippen molar-refractivity contribution in [2.24, 2.45) is 5.92 Å². The van der Waals surface area contributed by atoms with Crippen molar-refractivity contribution in [3.63, 3.8) is 0 Å². The number of rotatable bonds is 3. The Morgan fingerprint density at radius 3 is 2.65 bits per heavy atom. The van der Waals surface area contributed by atoms with Crippen molar-refractivity contribution in [1.29, 1.82) is 0 Å². The van der Waals surface area contributed by atoms with Gasteiger partial charge in [-0.05, 0) is 32.8 Å². The Morgan fingerprint density at radius 1 is 1.35 bits per heavy atom. The Morgan fingerprint density at radius 2 is 2.04 bits per heavy atom. The Balaban J connectivity index is 2.46. The maximum Gasteiger partial charge on any atom is 0.334 e. The normalized spacial score (nSPS) is 30.0. The Bertz CT molecular complexity index is 712. The molecule has 1 aliphatic carbocycles. The maximum absolute atomic E-state index is 12.1. The van der Waals surface area contributed by atoms with Gasteiger partial charge in [-0.15, -0.1) is 0 Å². The van der Waals surface area contributed by atoms with Gasteiger partial charge >= 0.3 is 17.9 Å². The number of methoxy groups -OCH3 is 1. The summed E-state index contributed by atoms with van der Waals surface area (Å²) in [6, 6.07) is 0. The second-order valence-corrected chi connectivity index (χ2v) is 6.62. The smallest absolute Gasteiger partial charge is 0.334 e. The summed E-state index contributed by atoms with van der Waals surface area (Å²) in [5, 5.41) is 0. The van der Waals surface area contributed by atoms with E-state index in [1.807, 2.05) is 13.0 Å². The van der Waals surface area contributed by atoms with Gasteiger partial charge in [-0.2, -0.15) is 0 Å². The van der Waals surface area contributed by atoms with E-state index in [9.17, 15) is 14.4 Å². The summed E-state index contributed by atoms with van der Waals surface area (Å²) in [5.41, 5.74) is 1.86. The van der Waals surface area contributed by atoms with E-state index in [4.69, 9.17) is 14.2 Å². The second kappa shape index (κ2) is 8.17. The summed E-state index contributed by atoms with van der Waals surface area (Å²) in [6.07, 6.45) is 3.70. The summed E-state index contributed by atoms with van der Waals surface area (Å²) in [7, 11) is 1.30. The fourth-order valence-corrected chi connectivity index (χ4v) is 3.10. The van der Waals surface area contributed by atoms with Crippen molar-refractivity contribution >= 4 is 17.9 Å². The van der Waals surface area contributed by atoms with E-state index in [1.165, 1.54) is 14.0 Å². The van der Waals surface area contributed by atoms with E-state index >= 15 is 0 Å². The van der Waals surface area contributed by atoms with Crippen LogP contribution in [0.1, 0.15) is 33.1 Å². The molecule has 0 saturated carbocycles. The molecule has 0 aromatic heterocycles. The van der Waals surface area contributed by atoms with E-state index in [1.54, 1.807) is 6.08 Å². The number of esters is 3. The molecular weight excluding hydrogens is 336 g/mol. The summed E-state index contributed by atoms with van der Waals surface area (Å²) in [4.78, 5) is 36.3. The van der Waals surface area contributed by atoms with Crippen LogP contribution in [-0.2, 0) is 28.6 Å². The van der Waals surface area contributed by atoms with Crippen LogP contribution in [0.2, 0.25) is 0 Å². The molecule has 6 heteroatoms. The van der Waals surface area contributed by atoms with Gasteiger partial charge in [0.25, 0.3) is 0 Å². The summed E-state index contributed by atoms with van der Waals surface area (Å²) in [5.74, 6) is -2.19. The third-order valence-corrected chi connectivity index (χ3v) is 4.52. The molecule has 0 bridgehead atoms. The average Bonchev–Trinajstić information content (AvgIpc) is 2.85. The first-order chi connectivity index (χ1) is 12.2. The van der Waals surface area contributed by atoms with Crippen molar-refractivity contribution in [2.45, 2.75) is 45.3 Å². The van der Waals surface area contributed by atoms with E-state index in [-0.39, 0.29) is 17.6 Å². The Kier molecular flexibility index (Phi) is 6.18. The number of fused-ring (bicyclic) bond motifs is 1. The predicted molar refractivity (Wildman–Crippen MR) is 94.9 cm³/mol. The van der Waals surface area contributed by atoms with Crippen LogP contribution in [0.3, 0.4) is 0 Å². The fourth-order valence-electron chi connectivity index (χ4n) is 3.10. The molecule has 140 valence electrons. The van der Waals surface area contributed by atoms with Crippen molar-refractivity contribution in [3.8, 4) is 0 Å². The molecule has 0 spiro atoms. The first-order valence-corrected chi connectivity index (χ1v) is 8.45. The van der Waals surface area contributed by atoms with E-state index in [0.717, 1.165) is 5.57 Å². The lowest BCUT2D eigenvalue weighted by Gasteiger charge is -2.27. The molecule has 6 nitrogen and oxygen atoms in total. The molecule has 0 radical (unpaired) electrons. The van der Waals surface area contributed by atoms with Gasteiger partial charge in [-0.3, -0.25) is 0 Å². The Labute approximate surface area is 153 Å². The number of allylic oxidation sites excluding steroid dienone is 2. The van der Waals surface area contributed by atoms with Crippen LogP contribution < -0.4 is 0 Å². The minimum absolute atomic E-state index is 0.107. The molecule has 0 aromatic carbocycles. The third kappa shape index (κ3) is 4.31. The highest BCUT2D eigenvalue weighted by atomic mass is 16.6. The molecule has 26 heavy (non-hydrogen) atoms. The molecule has 3 atom stereocenters. The zero-order valence-electron chi connectivity index (χ0n) is 15.4. The van der Waals surface area contributed by atoms with E-state index < -0.39 is 36.0 Å². The monoisotopic (exact) mass is 360 g/mol. The SMILES string of the molecule is C=C(C)C(=O)O[C@@H]1C/C(C(=O)OC)=C\CC/C(C)=C/[C@H]2OC(=O)C(=C)[C@@H]21. The van der Waals surface area contributed by atoms with Gasteiger partial charge < -0.3 is 14.2 Å². The molecule has 1 saturated heterocycles. The summed E-state index contributed by atoms with van der Waals surface area (Å²) in [6.45, 7) is 10.9. The van der Waals surface area contributed by atoms with Gasteiger partial charge in [0.05, 0.1) is 13.0 Å². The number of hydrogen-bond acceptors (Lipinski definition) is 6. The molecule has 1 heterocycles. The van der Waals surface area contributed by atoms with Gasteiger partial charge in [0.1, 0.15) is 12.2 Å². The van der Waals surface area contributed by atoms with Crippen LogP contribution >= 0.6 is 0 Å². The van der Waals surface area contributed by atoms with Gasteiger partial charge in [0, 0.05) is 23.1 Å². The van der Waals surface area contributed by atoms with Crippen molar-refractivity contribution < 1.29 is 28.6 Å². The highest BCUT2D eigenvalue weighted by Crippen LogP contribution is 2.36. The minimum atomic E-state index is -0.796. The number of hydrogen-bond donors (Lipinski definition) is 0. The fraction of sp³-hybridized carbons (Fsp3) is 0.450. The lowest BCUT2D eigenvalue weighted by Crippen LogP contribution is -2.34. The highest BCUT2D eigenvalue weighted by Gasteiger charge is 2.45. The van der Waals surface area contributed by atoms with Crippen LogP contribution in [0, 0.1) is 5.92 Å². The third-order valence-electron chi connectivity index (χ3n) is 4.52. The molecule has 2 rings (SSSR count). The summed E-state index contributed by atoms with van der Waals surface area (Å²) < 4.78 is 15.8. The molecule has 0 aromatic rings. The maximum atomic E-state index is 12.1. The molecule has 0 unspecified atom stereocenters. The van der Waals surface area contributed by atoms with Gasteiger partial charge in [0.15, 0.2) is 0 Å². The molecule has 1 aliphatic heterocycles. The van der Waals surface area contributed by atoms with Crippen molar-refractivity contribution in [2.75, 3.05) is 7.11 Å². The molecule has 2 aliphatic rings. The van der Waals surface area contributed by atoms with Crippen LogP contribution in [0.25, 0.3) is 0 Å². The number of ether oxygens (including phenoxy) is 3.